The lowest BCUT2D eigenvalue weighted by molar-refractivity contribution is -0.146. The third-order valence-corrected chi connectivity index (χ3v) is 10.4. The molecule has 4 heteroatoms. The van der Waals surface area contributed by atoms with Crippen molar-refractivity contribution in [1.82, 2.24) is 4.90 Å². The summed E-state index contributed by atoms with van der Waals surface area (Å²) in [6.45, 7) is 10.8. The molecule has 0 spiro atoms. The molecule has 0 saturated heterocycles. The van der Waals surface area contributed by atoms with Crippen LogP contribution in [0.15, 0.2) is 12.7 Å². The monoisotopic (exact) mass is 501 g/mol. The van der Waals surface area contributed by atoms with Crippen molar-refractivity contribution >= 4 is 5.97 Å². The van der Waals surface area contributed by atoms with Gasteiger partial charge < -0.3 is 9.47 Å². The minimum atomic E-state index is -0.361. The van der Waals surface area contributed by atoms with E-state index in [4.69, 9.17) is 9.47 Å². The minimum absolute atomic E-state index is 0.203. The highest BCUT2D eigenvalue weighted by Gasteiger charge is 2.39. The maximum Gasteiger partial charge on any atom is 0.330 e. The normalized spacial score (nSPS) is 38.9. The van der Waals surface area contributed by atoms with Gasteiger partial charge >= 0.3 is 5.97 Å². The third kappa shape index (κ3) is 7.82. The van der Waals surface area contributed by atoms with Crippen molar-refractivity contribution in [3.8, 4) is 0 Å². The van der Waals surface area contributed by atoms with E-state index in [-0.39, 0.29) is 12.1 Å². The summed E-state index contributed by atoms with van der Waals surface area (Å²) in [5.74, 6) is 3.33. The Kier molecular flexibility index (Phi) is 10.8. The SMILES string of the molecule is C=CC(=O)OC(C)COC1CCC(C2CCC(N(C3CCC(C)CC3)C3CCC(C)CC3)CC2)CC1. The van der Waals surface area contributed by atoms with E-state index in [2.05, 4.69) is 25.3 Å². The zero-order valence-corrected chi connectivity index (χ0v) is 23.7. The Balaban J connectivity index is 1.23. The summed E-state index contributed by atoms with van der Waals surface area (Å²) in [6.07, 6.45) is 23.6. The standard InChI is InChI=1S/C32H55NO3/c1-5-32(34)36-25(4)22-35-31-20-12-27(13-21-31)26-10-18-30(19-11-26)33(28-14-6-23(2)7-15-28)29-16-8-24(3)9-17-29/h5,23-31H,1,6-22H2,2-4H3. The molecule has 0 aliphatic heterocycles. The molecular weight excluding hydrogens is 446 g/mol. The summed E-state index contributed by atoms with van der Waals surface area (Å²) in [4.78, 5) is 14.5. The van der Waals surface area contributed by atoms with E-state index in [1.54, 1.807) is 0 Å². The summed E-state index contributed by atoms with van der Waals surface area (Å²) in [5, 5.41) is 0. The van der Waals surface area contributed by atoms with Crippen molar-refractivity contribution in [2.75, 3.05) is 6.61 Å². The van der Waals surface area contributed by atoms with E-state index in [9.17, 15) is 4.79 Å². The Labute approximate surface area is 221 Å². The molecule has 0 aromatic heterocycles. The van der Waals surface area contributed by atoms with Gasteiger partial charge in [0.15, 0.2) is 0 Å². The Morgan fingerprint density at radius 3 is 1.61 bits per heavy atom. The zero-order chi connectivity index (χ0) is 25.5. The molecule has 0 amide bonds. The van der Waals surface area contributed by atoms with E-state index in [1.165, 1.54) is 109 Å². The molecule has 0 N–H and O–H groups in total. The van der Waals surface area contributed by atoms with Crippen LogP contribution in [0.1, 0.15) is 124 Å². The molecule has 4 nitrogen and oxygen atoms in total. The summed E-state index contributed by atoms with van der Waals surface area (Å²) < 4.78 is 11.4. The van der Waals surface area contributed by atoms with Crippen molar-refractivity contribution in [1.29, 1.82) is 0 Å². The number of ether oxygens (including phenoxy) is 2. The highest BCUT2D eigenvalue weighted by molar-refractivity contribution is 5.81. The van der Waals surface area contributed by atoms with E-state index in [0.29, 0.717) is 12.7 Å². The molecule has 4 saturated carbocycles. The molecule has 4 aliphatic rings. The highest BCUT2D eigenvalue weighted by Crippen LogP contribution is 2.43. The van der Waals surface area contributed by atoms with Gasteiger partial charge in [0.1, 0.15) is 6.10 Å². The predicted molar refractivity (Wildman–Crippen MR) is 148 cm³/mol. The first-order valence-electron chi connectivity index (χ1n) is 15.6. The molecule has 4 rings (SSSR count). The molecule has 1 atom stereocenters. The second-order valence-electron chi connectivity index (χ2n) is 13.2. The molecule has 0 aromatic rings. The van der Waals surface area contributed by atoms with Crippen LogP contribution >= 0.6 is 0 Å². The molecule has 1 unspecified atom stereocenters. The van der Waals surface area contributed by atoms with Gasteiger partial charge in [-0.25, -0.2) is 4.79 Å². The van der Waals surface area contributed by atoms with Crippen LogP contribution < -0.4 is 0 Å². The molecule has 4 aliphatic carbocycles. The Morgan fingerprint density at radius 2 is 1.17 bits per heavy atom. The number of carbonyl (C=O) groups is 1. The molecule has 0 bridgehead atoms. The van der Waals surface area contributed by atoms with Gasteiger partial charge in [-0.3, -0.25) is 4.90 Å². The van der Waals surface area contributed by atoms with E-state index < -0.39 is 0 Å². The second kappa shape index (κ2) is 13.8. The van der Waals surface area contributed by atoms with Crippen molar-refractivity contribution in [3.05, 3.63) is 12.7 Å². The minimum Gasteiger partial charge on any atom is -0.457 e. The summed E-state index contributed by atoms with van der Waals surface area (Å²) in [6, 6.07) is 2.57. The Bertz CT molecular complexity index is 641. The van der Waals surface area contributed by atoms with Crippen molar-refractivity contribution < 1.29 is 14.3 Å². The van der Waals surface area contributed by atoms with Crippen molar-refractivity contribution in [2.24, 2.45) is 23.7 Å². The van der Waals surface area contributed by atoms with Crippen LogP contribution in [0.5, 0.6) is 0 Å². The lowest BCUT2D eigenvalue weighted by Gasteiger charge is -2.50. The Morgan fingerprint density at radius 1 is 0.750 bits per heavy atom. The van der Waals surface area contributed by atoms with Crippen LogP contribution in [-0.2, 0) is 14.3 Å². The van der Waals surface area contributed by atoms with Crippen LogP contribution in [0.25, 0.3) is 0 Å². The van der Waals surface area contributed by atoms with Gasteiger partial charge in [-0.2, -0.15) is 0 Å². The first-order valence-corrected chi connectivity index (χ1v) is 15.6. The molecule has 36 heavy (non-hydrogen) atoms. The molecule has 4 fully saturated rings. The number of carbonyl (C=O) groups excluding carboxylic acids is 1. The quantitative estimate of drug-likeness (QED) is 0.240. The van der Waals surface area contributed by atoms with E-state index in [1.807, 2.05) is 6.92 Å². The highest BCUT2D eigenvalue weighted by atomic mass is 16.6. The fraction of sp³-hybridized carbons (Fsp3) is 0.906. The fourth-order valence-corrected chi connectivity index (χ4v) is 8.13. The van der Waals surface area contributed by atoms with E-state index in [0.717, 1.165) is 41.8 Å². The number of hydrogen-bond acceptors (Lipinski definition) is 4. The van der Waals surface area contributed by atoms with E-state index >= 15 is 0 Å². The maximum absolute atomic E-state index is 11.4. The number of nitrogens with zero attached hydrogens (tertiary/aromatic N) is 1. The molecule has 0 radical (unpaired) electrons. The molecule has 0 heterocycles. The maximum atomic E-state index is 11.4. The zero-order valence-electron chi connectivity index (χ0n) is 23.7. The van der Waals surface area contributed by atoms with Crippen LogP contribution in [-0.4, -0.2) is 47.8 Å². The average molecular weight is 502 g/mol. The lowest BCUT2D eigenvalue weighted by atomic mass is 9.71. The molecule has 0 aromatic carbocycles. The predicted octanol–water partition coefficient (Wildman–Crippen LogP) is 7.70. The molecular formula is C32H55NO3. The second-order valence-corrected chi connectivity index (χ2v) is 13.2. The van der Waals surface area contributed by atoms with Gasteiger partial charge in [0.25, 0.3) is 0 Å². The first-order chi connectivity index (χ1) is 17.4. The first kappa shape index (κ1) is 28.1. The summed E-state index contributed by atoms with van der Waals surface area (Å²) in [5.41, 5.74) is 0. The largest absolute Gasteiger partial charge is 0.457 e. The third-order valence-electron chi connectivity index (χ3n) is 10.4. The fourth-order valence-electron chi connectivity index (χ4n) is 8.13. The van der Waals surface area contributed by atoms with Gasteiger partial charge in [0.2, 0.25) is 0 Å². The van der Waals surface area contributed by atoms with Crippen LogP contribution in [0.4, 0.5) is 0 Å². The number of hydrogen-bond donors (Lipinski definition) is 0. The smallest absolute Gasteiger partial charge is 0.330 e. The topological polar surface area (TPSA) is 38.8 Å². The van der Waals surface area contributed by atoms with Gasteiger partial charge in [-0.1, -0.05) is 20.4 Å². The van der Waals surface area contributed by atoms with Crippen LogP contribution in [0.3, 0.4) is 0 Å². The number of esters is 1. The molecule has 206 valence electrons. The van der Waals surface area contributed by atoms with Crippen LogP contribution in [0, 0.1) is 23.7 Å². The van der Waals surface area contributed by atoms with Crippen molar-refractivity contribution in [3.63, 3.8) is 0 Å². The van der Waals surface area contributed by atoms with Gasteiger partial charge in [0, 0.05) is 24.2 Å². The van der Waals surface area contributed by atoms with Gasteiger partial charge in [0.05, 0.1) is 12.7 Å². The Hall–Kier alpha value is -0.870. The van der Waals surface area contributed by atoms with Gasteiger partial charge in [-0.05, 0) is 133 Å². The van der Waals surface area contributed by atoms with Crippen molar-refractivity contribution in [2.45, 2.75) is 154 Å². The lowest BCUT2D eigenvalue weighted by Crippen LogP contribution is -2.52. The average Bonchev–Trinajstić information content (AvgIpc) is 2.90. The summed E-state index contributed by atoms with van der Waals surface area (Å²) in [7, 11) is 0. The van der Waals surface area contributed by atoms with Gasteiger partial charge in [-0.15, -0.1) is 0 Å². The van der Waals surface area contributed by atoms with Crippen LogP contribution in [0.2, 0.25) is 0 Å². The summed E-state index contributed by atoms with van der Waals surface area (Å²) >= 11 is 0. The number of rotatable bonds is 9.